The first-order valence-electron chi connectivity index (χ1n) is 4.71. The third kappa shape index (κ3) is 4.44. The second kappa shape index (κ2) is 4.66. The molecule has 16 heavy (non-hydrogen) atoms. The van der Waals surface area contributed by atoms with Crippen molar-refractivity contribution in [1.29, 1.82) is 0 Å². The molecule has 0 saturated carbocycles. The summed E-state index contributed by atoms with van der Waals surface area (Å²) in [6, 6.07) is 0. The van der Waals surface area contributed by atoms with E-state index in [-0.39, 0.29) is 13.2 Å². The highest BCUT2D eigenvalue weighted by Crippen LogP contribution is 2.21. The highest BCUT2D eigenvalue weighted by molar-refractivity contribution is 7.90. The van der Waals surface area contributed by atoms with Crippen LogP contribution in [0.15, 0.2) is 0 Å². The average Bonchev–Trinajstić information content (AvgIpc) is 2.40. The molecular weight excluding hydrogens is 238 g/mol. The van der Waals surface area contributed by atoms with Crippen molar-refractivity contribution in [3.05, 3.63) is 0 Å². The summed E-state index contributed by atoms with van der Waals surface area (Å²) in [6.45, 7) is 3.74. The molecule has 0 aromatic rings. The molecule has 0 aromatic heterocycles. The van der Waals surface area contributed by atoms with Gasteiger partial charge in [0.2, 0.25) is 10.0 Å². The van der Waals surface area contributed by atoms with Crippen molar-refractivity contribution in [3.8, 4) is 0 Å². The van der Waals surface area contributed by atoms with E-state index in [0.29, 0.717) is 0 Å². The van der Waals surface area contributed by atoms with Gasteiger partial charge >= 0.3 is 5.97 Å². The van der Waals surface area contributed by atoms with Crippen molar-refractivity contribution < 1.29 is 27.8 Å². The Morgan fingerprint density at radius 3 is 2.62 bits per heavy atom. The first-order chi connectivity index (χ1) is 7.20. The lowest BCUT2D eigenvalue weighted by Gasteiger charge is -2.17. The molecule has 1 saturated heterocycles. The Kier molecular flexibility index (Phi) is 3.89. The quantitative estimate of drug-likeness (QED) is 0.661. The van der Waals surface area contributed by atoms with Gasteiger partial charge in [-0.2, -0.15) is 0 Å². The molecule has 1 fully saturated rings. The van der Waals surface area contributed by atoms with E-state index in [9.17, 15) is 13.2 Å². The Hall–Kier alpha value is -0.700. The minimum atomic E-state index is -3.79. The molecule has 1 unspecified atom stereocenters. The van der Waals surface area contributed by atoms with E-state index in [1.807, 2.05) is 0 Å². The number of aliphatic carboxylic acids is 1. The van der Waals surface area contributed by atoms with Crippen LogP contribution in [0, 0.1) is 0 Å². The summed E-state index contributed by atoms with van der Waals surface area (Å²) in [6.07, 6.45) is -0.390. The van der Waals surface area contributed by atoms with Gasteiger partial charge in [0.1, 0.15) is 0 Å². The molecule has 1 aliphatic rings. The highest BCUT2D eigenvalue weighted by atomic mass is 32.2. The average molecular weight is 253 g/mol. The van der Waals surface area contributed by atoms with Gasteiger partial charge < -0.3 is 14.6 Å². The van der Waals surface area contributed by atoms with Crippen molar-refractivity contribution >= 4 is 16.0 Å². The summed E-state index contributed by atoms with van der Waals surface area (Å²) in [5, 5.41) is 8.35. The fourth-order valence-electron chi connectivity index (χ4n) is 1.30. The van der Waals surface area contributed by atoms with Gasteiger partial charge in [-0.1, -0.05) is 0 Å². The van der Waals surface area contributed by atoms with E-state index in [1.54, 1.807) is 13.8 Å². The maximum atomic E-state index is 11.2. The Balaban J connectivity index is 2.38. The SMILES string of the molecule is CC1(C)OCC(CNS(=O)(=O)CC(=O)O)O1. The number of hydrogen-bond donors (Lipinski definition) is 2. The molecule has 0 amide bonds. The minimum Gasteiger partial charge on any atom is -0.480 e. The molecule has 0 radical (unpaired) electrons. The summed E-state index contributed by atoms with van der Waals surface area (Å²) in [7, 11) is -3.79. The zero-order valence-electron chi connectivity index (χ0n) is 9.10. The second-order valence-corrected chi connectivity index (χ2v) is 5.76. The van der Waals surface area contributed by atoms with Crippen molar-refractivity contribution in [2.24, 2.45) is 0 Å². The topological polar surface area (TPSA) is 102 Å². The fourth-order valence-corrected chi connectivity index (χ4v) is 2.16. The van der Waals surface area contributed by atoms with Gasteiger partial charge in [-0.25, -0.2) is 13.1 Å². The summed E-state index contributed by atoms with van der Waals surface area (Å²) in [4.78, 5) is 10.2. The monoisotopic (exact) mass is 253 g/mol. The van der Waals surface area contributed by atoms with Crippen molar-refractivity contribution in [2.75, 3.05) is 18.9 Å². The molecular formula is C8H15NO6S. The maximum absolute atomic E-state index is 11.2. The first kappa shape index (κ1) is 13.4. The van der Waals surface area contributed by atoms with Crippen LogP contribution in [0.25, 0.3) is 0 Å². The summed E-state index contributed by atoms with van der Waals surface area (Å²) in [5.41, 5.74) is 0. The van der Waals surface area contributed by atoms with Crippen molar-refractivity contribution in [3.63, 3.8) is 0 Å². The molecule has 0 aliphatic carbocycles. The van der Waals surface area contributed by atoms with E-state index in [1.165, 1.54) is 0 Å². The van der Waals surface area contributed by atoms with Crippen LogP contribution in [0.5, 0.6) is 0 Å². The first-order valence-corrected chi connectivity index (χ1v) is 6.36. The number of rotatable bonds is 5. The van der Waals surface area contributed by atoms with Crippen LogP contribution < -0.4 is 4.72 Å². The van der Waals surface area contributed by atoms with E-state index in [2.05, 4.69) is 4.72 Å². The lowest BCUT2D eigenvalue weighted by Crippen LogP contribution is -2.37. The zero-order chi connectivity index (χ0) is 12.4. The molecule has 0 aromatic carbocycles. The van der Waals surface area contributed by atoms with Gasteiger partial charge in [-0.3, -0.25) is 4.79 Å². The summed E-state index contributed by atoms with van der Waals surface area (Å²) < 4.78 is 35.1. The molecule has 1 atom stereocenters. The summed E-state index contributed by atoms with van der Waals surface area (Å²) >= 11 is 0. The molecule has 1 rings (SSSR count). The van der Waals surface area contributed by atoms with Crippen molar-refractivity contribution in [1.82, 2.24) is 4.72 Å². The Morgan fingerprint density at radius 1 is 1.56 bits per heavy atom. The van der Waals surface area contributed by atoms with E-state index in [4.69, 9.17) is 14.6 Å². The smallest absolute Gasteiger partial charge is 0.320 e. The third-order valence-electron chi connectivity index (χ3n) is 1.91. The van der Waals surface area contributed by atoms with Crippen LogP contribution in [-0.2, 0) is 24.3 Å². The number of nitrogens with one attached hydrogen (secondary N) is 1. The minimum absolute atomic E-state index is 0.0129. The van der Waals surface area contributed by atoms with Gasteiger partial charge in [-0.15, -0.1) is 0 Å². The molecule has 0 bridgehead atoms. The van der Waals surface area contributed by atoms with Gasteiger partial charge in [0.25, 0.3) is 0 Å². The van der Waals surface area contributed by atoms with E-state index >= 15 is 0 Å². The van der Waals surface area contributed by atoms with E-state index in [0.717, 1.165) is 0 Å². The molecule has 0 spiro atoms. The number of carbonyl (C=O) groups is 1. The second-order valence-electron chi connectivity index (χ2n) is 3.95. The van der Waals surface area contributed by atoms with Crippen LogP contribution in [0.1, 0.15) is 13.8 Å². The van der Waals surface area contributed by atoms with Crippen LogP contribution in [0.3, 0.4) is 0 Å². The van der Waals surface area contributed by atoms with Crippen LogP contribution in [-0.4, -0.2) is 50.3 Å². The lowest BCUT2D eigenvalue weighted by atomic mass is 10.4. The van der Waals surface area contributed by atoms with Crippen LogP contribution >= 0.6 is 0 Å². The largest absolute Gasteiger partial charge is 0.480 e. The van der Waals surface area contributed by atoms with Crippen LogP contribution in [0.2, 0.25) is 0 Å². The molecule has 1 heterocycles. The van der Waals surface area contributed by atoms with Crippen molar-refractivity contribution in [2.45, 2.75) is 25.7 Å². The highest BCUT2D eigenvalue weighted by Gasteiger charge is 2.33. The maximum Gasteiger partial charge on any atom is 0.320 e. The third-order valence-corrected chi connectivity index (χ3v) is 3.15. The molecule has 8 heteroatoms. The number of hydrogen-bond acceptors (Lipinski definition) is 5. The molecule has 94 valence electrons. The normalized spacial score (nSPS) is 24.5. The Labute approximate surface area is 93.8 Å². The molecule has 7 nitrogen and oxygen atoms in total. The fraction of sp³-hybridized carbons (Fsp3) is 0.875. The predicted molar refractivity (Wildman–Crippen MR) is 54.3 cm³/mol. The number of sulfonamides is 1. The van der Waals surface area contributed by atoms with Gasteiger partial charge in [0.15, 0.2) is 11.5 Å². The molecule has 1 aliphatic heterocycles. The Morgan fingerprint density at radius 2 is 2.19 bits per heavy atom. The van der Waals surface area contributed by atoms with Gasteiger partial charge in [0, 0.05) is 6.54 Å². The number of carboxylic acid groups (broad SMARTS) is 1. The van der Waals surface area contributed by atoms with Crippen LogP contribution in [0.4, 0.5) is 0 Å². The number of ether oxygens (including phenoxy) is 2. The van der Waals surface area contributed by atoms with E-state index < -0.39 is 33.6 Å². The van der Waals surface area contributed by atoms with Gasteiger partial charge in [-0.05, 0) is 13.8 Å². The predicted octanol–water partition coefficient (Wildman–Crippen LogP) is -0.858. The molecule has 2 N–H and O–H groups in total. The standard InChI is InChI=1S/C8H15NO6S/c1-8(2)14-4-6(15-8)3-9-16(12,13)5-7(10)11/h6,9H,3-5H2,1-2H3,(H,10,11). The Bertz CT molecular complexity index is 363. The zero-order valence-corrected chi connectivity index (χ0v) is 9.91. The number of carboxylic acids is 1. The lowest BCUT2D eigenvalue weighted by molar-refractivity contribution is -0.137. The summed E-state index contributed by atoms with van der Waals surface area (Å²) in [5.74, 6) is -3.05. The van der Waals surface area contributed by atoms with Gasteiger partial charge in [0.05, 0.1) is 12.7 Å².